The van der Waals surface area contributed by atoms with E-state index in [4.69, 9.17) is 0 Å². The van der Waals surface area contributed by atoms with E-state index in [-0.39, 0.29) is 0 Å². The topological polar surface area (TPSA) is 17.1 Å². The van der Waals surface area contributed by atoms with Crippen molar-refractivity contribution in [3.8, 4) is 0 Å². The molecule has 0 aliphatic carbocycles. The molecule has 0 amide bonds. The van der Waals surface area contributed by atoms with Crippen molar-refractivity contribution >= 4 is 6.29 Å². The zero-order valence-electron chi connectivity index (χ0n) is 5.79. The second-order valence-electron chi connectivity index (χ2n) is 2.10. The SMILES string of the molecule is O=CC(F)(F)C(F)(F)C(F)C(F)F. The third-order valence-corrected chi connectivity index (χ3v) is 1.16. The van der Waals surface area contributed by atoms with E-state index in [0.717, 1.165) is 0 Å². The highest BCUT2D eigenvalue weighted by atomic mass is 19.3. The quantitative estimate of drug-likeness (QED) is 0.514. The van der Waals surface area contributed by atoms with Crippen LogP contribution in [0.3, 0.4) is 0 Å². The van der Waals surface area contributed by atoms with Gasteiger partial charge in [0.2, 0.25) is 6.17 Å². The first-order chi connectivity index (χ1) is 5.66. The van der Waals surface area contributed by atoms with Gasteiger partial charge in [-0.2, -0.15) is 17.6 Å². The summed E-state index contributed by atoms with van der Waals surface area (Å²) in [6, 6.07) is 0. The van der Waals surface area contributed by atoms with Gasteiger partial charge in [-0.1, -0.05) is 0 Å². The van der Waals surface area contributed by atoms with Gasteiger partial charge in [0.25, 0.3) is 6.43 Å². The smallest absolute Gasteiger partial charge is 0.296 e. The molecule has 0 aromatic carbocycles. The molecule has 0 aromatic rings. The molecule has 0 saturated carbocycles. The molecule has 0 aliphatic rings. The fraction of sp³-hybridized carbons (Fsp3) is 0.800. The fourth-order valence-corrected chi connectivity index (χ4v) is 0.421. The summed E-state index contributed by atoms with van der Waals surface area (Å²) < 4.78 is 82.1. The Balaban J connectivity index is 4.84. The Morgan fingerprint density at radius 2 is 1.38 bits per heavy atom. The molecule has 78 valence electrons. The summed E-state index contributed by atoms with van der Waals surface area (Å²) >= 11 is 0. The van der Waals surface area contributed by atoms with Crippen LogP contribution in [0.2, 0.25) is 0 Å². The van der Waals surface area contributed by atoms with Crippen molar-refractivity contribution in [3.63, 3.8) is 0 Å². The van der Waals surface area contributed by atoms with Gasteiger partial charge in [-0.05, 0) is 0 Å². The van der Waals surface area contributed by atoms with Crippen molar-refractivity contribution in [2.24, 2.45) is 0 Å². The molecular formula is C5H3F7O. The number of carbonyl (C=O) groups excluding carboxylic acids is 1. The highest BCUT2D eigenvalue weighted by molar-refractivity contribution is 5.61. The number of alkyl halides is 7. The first kappa shape index (κ1) is 12.2. The first-order valence-electron chi connectivity index (χ1n) is 2.81. The maximum atomic E-state index is 12.0. The van der Waals surface area contributed by atoms with Gasteiger partial charge in [-0.15, -0.1) is 0 Å². The van der Waals surface area contributed by atoms with Crippen LogP contribution in [0.4, 0.5) is 30.7 Å². The molecule has 0 aromatic heterocycles. The van der Waals surface area contributed by atoms with E-state index in [1.807, 2.05) is 0 Å². The largest absolute Gasteiger partial charge is 0.367 e. The first-order valence-corrected chi connectivity index (χ1v) is 2.81. The highest BCUT2D eigenvalue weighted by Crippen LogP contribution is 2.39. The Hall–Kier alpha value is -0.820. The number of halogens is 7. The molecule has 0 radical (unpaired) electrons. The Labute approximate surface area is 67.5 Å². The van der Waals surface area contributed by atoms with Crippen LogP contribution >= 0.6 is 0 Å². The third-order valence-electron chi connectivity index (χ3n) is 1.16. The number of rotatable bonds is 4. The van der Waals surface area contributed by atoms with Gasteiger partial charge in [0, 0.05) is 0 Å². The summed E-state index contributed by atoms with van der Waals surface area (Å²) in [6.07, 6.45) is -10.2. The van der Waals surface area contributed by atoms with Crippen molar-refractivity contribution in [2.45, 2.75) is 24.4 Å². The molecule has 8 heteroatoms. The minimum Gasteiger partial charge on any atom is -0.296 e. The standard InChI is InChI=1S/C5H3F7O/c6-2(3(7)8)5(11,12)4(9,10)1-13/h1-3H. The van der Waals surface area contributed by atoms with E-state index in [9.17, 15) is 35.5 Å². The third kappa shape index (κ3) is 2.10. The van der Waals surface area contributed by atoms with Crippen molar-refractivity contribution < 1.29 is 35.5 Å². The van der Waals surface area contributed by atoms with E-state index < -0.39 is 30.7 Å². The van der Waals surface area contributed by atoms with Crippen molar-refractivity contribution in [3.05, 3.63) is 0 Å². The lowest BCUT2D eigenvalue weighted by Crippen LogP contribution is -2.51. The fourth-order valence-electron chi connectivity index (χ4n) is 0.421. The second-order valence-corrected chi connectivity index (χ2v) is 2.10. The predicted molar refractivity (Wildman–Crippen MR) is 26.9 cm³/mol. The Morgan fingerprint density at radius 3 is 1.62 bits per heavy atom. The van der Waals surface area contributed by atoms with Gasteiger partial charge in [0.05, 0.1) is 0 Å². The molecule has 1 unspecified atom stereocenters. The molecule has 0 heterocycles. The number of aldehydes is 1. The van der Waals surface area contributed by atoms with Crippen LogP contribution in [0.1, 0.15) is 0 Å². The molecule has 0 saturated heterocycles. The van der Waals surface area contributed by atoms with Gasteiger partial charge >= 0.3 is 11.8 Å². The molecule has 0 N–H and O–H groups in total. The summed E-state index contributed by atoms with van der Waals surface area (Å²) in [5.74, 6) is -11.1. The molecule has 1 nitrogen and oxygen atoms in total. The molecule has 0 rings (SSSR count). The number of carbonyl (C=O) groups is 1. The lowest BCUT2D eigenvalue weighted by molar-refractivity contribution is -0.240. The van der Waals surface area contributed by atoms with E-state index in [1.165, 1.54) is 0 Å². The lowest BCUT2D eigenvalue weighted by Gasteiger charge is -2.24. The summed E-state index contributed by atoms with van der Waals surface area (Å²) in [6.45, 7) is 0. The number of hydrogen-bond acceptors (Lipinski definition) is 1. The van der Waals surface area contributed by atoms with Gasteiger partial charge < -0.3 is 0 Å². The zero-order valence-corrected chi connectivity index (χ0v) is 5.79. The normalized spacial score (nSPS) is 16.0. The van der Waals surface area contributed by atoms with Crippen LogP contribution in [-0.2, 0) is 4.79 Å². The second kappa shape index (κ2) is 3.51. The lowest BCUT2D eigenvalue weighted by atomic mass is 10.1. The molecule has 0 aliphatic heterocycles. The van der Waals surface area contributed by atoms with Crippen molar-refractivity contribution in [1.82, 2.24) is 0 Å². The monoisotopic (exact) mass is 212 g/mol. The Kier molecular flexibility index (Phi) is 3.28. The van der Waals surface area contributed by atoms with Crippen LogP contribution in [0.25, 0.3) is 0 Å². The van der Waals surface area contributed by atoms with Gasteiger partial charge in [-0.3, -0.25) is 4.79 Å². The summed E-state index contributed by atoms with van der Waals surface area (Å²) in [5, 5.41) is 0. The van der Waals surface area contributed by atoms with Crippen molar-refractivity contribution in [2.75, 3.05) is 0 Å². The van der Waals surface area contributed by atoms with E-state index >= 15 is 0 Å². The molecule has 0 spiro atoms. The van der Waals surface area contributed by atoms with Crippen LogP contribution in [0.5, 0.6) is 0 Å². The summed E-state index contributed by atoms with van der Waals surface area (Å²) in [7, 11) is 0. The molecule has 1 atom stereocenters. The molecule has 13 heavy (non-hydrogen) atoms. The minimum atomic E-state index is -5.69. The average molecular weight is 212 g/mol. The van der Waals surface area contributed by atoms with Crippen LogP contribution in [0, 0.1) is 0 Å². The molecule has 0 fully saturated rings. The Morgan fingerprint density at radius 1 is 1.00 bits per heavy atom. The van der Waals surface area contributed by atoms with Crippen molar-refractivity contribution in [1.29, 1.82) is 0 Å². The van der Waals surface area contributed by atoms with Gasteiger partial charge in [0.15, 0.2) is 6.29 Å². The number of hydrogen-bond donors (Lipinski definition) is 0. The van der Waals surface area contributed by atoms with Crippen LogP contribution in [-0.4, -0.2) is 30.7 Å². The predicted octanol–water partition coefficient (Wildman–Crippen LogP) is 2.06. The van der Waals surface area contributed by atoms with Gasteiger partial charge in [0.1, 0.15) is 0 Å². The maximum absolute atomic E-state index is 12.0. The molecular weight excluding hydrogens is 209 g/mol. The van der Waals surface area contributed by atoms with Gasteiger partial charge in [-0.25, -0.2) is 13.2 Å². The summed E-state index contributed by atoms with van der Waals surface area (Å²) in [5.41, 5.74) is 0. The summed E-state index contributed by atoms with van der Waals surface area (Å²) in [4.78, 5) is 9.36. The average Bonchev–Trinajstić information content (AvgIpc) is 2.02. The maximum Gasteiger partial charge on any atom is 0.367 e. The van der Waals surface area contributed by atoms with E-state index in [2.05, 4.69) is 0 Å². The highest BCUT2D eigenvalue weighted by Gasteiger charge is 2.64. The van der Waals surface area contributed by atoms with E-state index in [0.29, 0.717) is 0 Å². The Bertz CT molecular complexity index is 189. The molecule has 0 bridgehead atoms. The van der Waals surface area contributed by atoms with E-state index in [1.54, 1.807) is 0 Å². The minimum absolute atomic E-state index is 1.57. The van der Waals surface area contributed by atoms with Crippen LogP contribution in [0.15, 0.2) is 0 Å². The van der Waals surface area contributed by atoms with Crippen LogP contribution < -0.4 is 0 Å². The zero-order chi connectivity index (χ0) is 10.9.